The molecule has 0 amide bonds. The molecule has 5 nitrogen and oxygen atoms in total. The summed E-state index contributed by atoms with van der Waals surface area (Å²) in [5.74, 6) is -0.418. The highest BCUT2D eigenvalue weighted by atomic mass is 32.2. The fourth-order valence-corrected chi connectivity index (χ4v) is 3.64. The minimum absolute atomic E-state index is 0.0500. The first kappa shape index (κ1) is 16.7. The van der Waals surface area contributed by atoms with Crippen LogP contribution in [0.4, 0.5) is 0 Å². The number of aryl methyl sites for hydroxylation is 2. The molecular weight excluding hydrogens is 278 g/mol. The highest BCUT2D eigenvalue weighted by Crippen LogP contribution is 2.19. The van der Waals surface area contributed by atoms with Gasteiger partial charge in [-0.15, -0.1) is 0 Å². The van der Waals surface area contributed by atoms with Crippen LogP contribution >= 0.6 is 0 Å². The molecule has 0 fully saturated rings. The van der Waals surface area contributed by atoms with Crippen molar-refractivity contribution in [1.29, 1.82) is 0 Å². The summed E-state index contributed by atoms with van der Waals surface area (Å²) in [5, 5.41) is 0. The summed E-state index contributed by atoms with van der Waals surface area (Å²) in [5.41, 5.74) is 1.79. The second-order valence-electron chi connectivity index (χ2n) is 4.65. The maximum absolute atomic E-state index is 12.5. The van der Waals surface area contributed by atoms with E-state index in [-0.39, 0.29) is 17.9 Å². The van der Waals surface area contributed by atoms with Crippen molar-refractivity contribution in [3.8, 4) is 0 Å². The molecule has 20 heavy (non-hydrogen) atoms. The van der Waals surface area contributed by atoms with Gasteiger partial charge in [-0.1, -0.05) is 13.0 Å². The average molecular weight is 299 g/mol. The minimum atomic E-state index is -3.57. The van der Waals surface area contributed by atoms with Crippen LogP contribution in [0.3, 0.4) is 0 Å². The quantitative estimate of drug-likeness (QED) is 0.752. The Morgan fingerprint density at radius 1 is 1.20 bits per heavy atom. The number of benzene rings is 1. The van der Waals surface area contributed by atoms with Crippen LogP contribution < -0.4 is 0 Å². The minimum Gasteiger partial charge on any atom is -0.469 e. The van der Waals surface area contributed by atoms with Gasteiger partial charge in [-0.2, -0.15) is 4.31 Å². The van der Waals surface area contributed by atoms with Gasteiger partial charge in [-0.25, -0.2) is 8.42 Å². The van der Waals surface area contributed by atoms with Crippen LogP contribution in [0, 0.1) is 13.8 Å². The Hall–Kier alpha value is -1.40. The van der Waals surface area contributed by atoms with Gasteiger partial charge in [0.15, 0.2) is 0 Å². The molecule has 0 spiro atoms. The summed E-state index contributed by atoms with van der Waals surface area (Å²) in [4.78, 5) is 11.4. The van der Waals surface area contributed by atoms with Gasteiger partial charge in [0.05, 0.1) is 18.4 Å². The average Bonchev–Trinajstić information content (AvgIpc) is 2.37. The van der Waals surface area contributed by atoms with Crippen molar-refractivity contribution in [2.75, 3.05) is 20.2 Å². The molecule has 0 N–H and O–H groups in total. The van der Waals surface area contributed by atoms with Gasteiger partial charge in [0.25, 0.3) is 0 Å². The first-order valence-corrected chi connectivity index (χ1v) is 7.90. The molecular formula is C14H21NO4S. The van der Waals surface area contributed by atoms with Crippen LogP contribution in [0.1, 0.15) is 24.5 Å². The molecule has 0 radical (unpaired) electrons. The predicted octanol–water partition coefficient (Wildman–Crippen LogP) is 1.88. The van der Waals surface area contributed by atoms with Crippen molar-refractivity contribution in [1.82, 2.24) is 4.31 Å². The molecule has 0 aliphatic carbocycles. The molecule has 0 heterocycles. The van der Waals surface area contributed by atoms with Gasteiger partial charge in [0.1, 0.15) is 0 Å². The lowest BCUT2D eigenvalue weighted by molar-refractivity contribution is -0.140. The first-order chi connectivity index (χ1) is 9.31. The molecule has 1 aromatic rings. The van der Waals surface area contributed by atoms with E-state index in [2.05, 4.69) is 4.74 Å². The lowest BCUT2D eigenvalue weighted by atomic mass is 10.2. The van der Waals surface area contributed by atoms with Crippen LogP contribution in [0.5, 0.6) is 0 Å². The number of carbonyl (C=O) groups excluding carboxylic acids is 1. The van der Waals surface area contributed by atoms with E-state index in [1.165, 1.54) is 11.4 Å². The zero-order chi connectivity index (χ0) is 15.3. The van der Waals surface area contributed by atoms with E-state index < -0.39 is 16.0 Å². The third kappa shape index (κ3) is 4.05. The summed E-state index contributed by atoms with van der Waals surface area (Å²) in [7, 11) is -2.29. The molecule has 0 aromatic heterocycles. The van der Waals surface area contributed by atoms with Crippen LogP contribution in [0.15, 0.2) is 23.1 Å². The SMILES string of the molecule is CCN(CCC(=O)OC)S(=O)(=O)c1cc(C)cc(C)c1. The highest BCUT2D eigenvalue weighted by Gasteiger charge is 2.24. The summed E-state index contributed by atoms with van der Waals surface area (Å²) in [6.45, 7) is 5.90. The zero-order valence-corrected chi connectivity index (χ0v) is 13.2. The van der Waals surface area contributed by atoms with Gasteiger partial charge in [-0.3, -0.25) is 4.79 Å². The molecule has 6 heteroatoms. The number of hydrogen-bond acceptors (Lipinski definition) is 4. The van der Waals surface area contributed by atoms with Gasteiger partial charge >= 0.3 is 5.97 Å². The fraction of sp³-hybridized carbons (Fsp3) is 0.500. The number of ether oxygens (including phenoxy) is 1. The molecule has 0 aliphatic heterocycles. The maximum Gasteiger partial charge on any atom is 0.306 e. The number of carbonyl (C=O) groups is 1. The normalized spacial score (nSPS) is 11.7. The summed E-state index contributed by atoms with van der Waals surface area (Å²) >= 11 is 0. The lowest BCUT2D eigenvalue weighted by Gasteiger charge is -2.20. The summed E-state index contributed by atoms with van der Waals surface area (Å²) < 4.78 is 30.9. The summed E-state index contributed by atoms with van der Waals surface area (Å²) in [6, 6.07) is 5.20. The van der Waals surface area contributed by atoms with Gasteiger partial charge in [0.2, 0.25) is 10.0 Å². The second-order valence-corrected chi connectivity index (χ2v) is 6.58. The molecule has 0 saturated carbocycles. The second kappa shape index (κ2) is 6.85. The van der Waals surface area contributed by atoms with E-state index in [1.807, 2.05) is 19.9 Å². The third-order valence-corrected chi connectivity index (χ3v) is 4.93. The Morgan fingerprint density at radius 3 is 2.20 bits per heavy atom. The molecule has 1 rings (SSSR count). The van der Waals surface area contributed by atoms with E-state index >= 15 is 0 Å². The number of esters is 1. The van der Waals surface area contributed by atoms with Crippen molar-refractivity contribution in [2.24, 2.45) is 0 Å². The smallest absolute Gasteiger partial charge is 0.306 e. The number of methoxy groups -OCH3 is 1. The van der Waals surface area contributed by atoms with E-state index in [0.29, 0.717) is 6.54 Å². The van der Waals surface area contributed by atoms with Crippen molar-refractivity contribution < 1.29 is 17.9 Å². The molecule has 112 valence electrons. The molecule has 0 bridgehead atoms. The van der Waals surface area contributed by atoms with Crippen LogP contribution in [0.2, 0.25) is 0 Å². The van der Waals surface area contributed by atoms with Gasteiger partial charge in [-0.05, 0) is 37.1 Å². The monoisotopic (exact) mass is 299 g/mol. The van der Waals surface area contributed by atoms with Gasteiger partial charge in [0, 0.05) is 13.1 Å². The standard InChI is InChI=1S/C14H21NO4S/c1-5-15(7-6-14(16)19-4)20(17,18)13-9-11(2)8-12(3)10-13/h8-10H,5-7H2,1-4H3. The predicted molar refractivity (Wildman–Crippen MR) is 77.0 cm³/mol. The van der Waals surface area contributed by atoms with E-state index in [0.717, 1.165) is 11.1 Å². The molecule has 0 unspecified atom stereocenters. The van der Waals surface area contributed by atoms with E-state index in [9.17, 15) is 13.2 Å². The zero-order valence-electron chi connectivity index (χ0n) is 12.3. The molecule has 0 atom stereocenters. The topological polar surface area (TPSA) is 63.7 Å². The maximum atomic E-state index is 12.5. The van der Waals surface area contributed by atoms with Crippen LogP contribution in [0.25, 0.3) is 0 Å². The Balaban J connectivity index is 3.02. The Kier molecular flexibility index (Phi) is 5.71. The number of sulfonamides is 1. The van der Waals surface area contributed by atoms with E-state index in [4.69, 9.17) is 0 Å². The van der Waals surface area contributed by atoms with Crippen molar-refractivity contribution in [2.45, 2.75) is 32.1 Å². The number of nitrogens with zero attached hydrogens (tertiary/aromatic N) is 1. The van der Waals surface area contributed by atoms with Crippen molar-refractivity contribution in [3.63, 3.8) is 0 Å². The van der Waals surface area contributed by atoms with Crippen LogP contribution in [-0.4, -0.2) is 38.9 Å². The Bertz CT molecular complexity index is 561. The molecule has 1 aromatic carbocycles. The Labute approximate surface area is 120 Å². The van der Waals surface area contributed by atoms with Gasteiger partial charge < -0.3 is 4.74 Å². The third-order valence-electron chi connectivity index (χ3n) is 2.98. The number of hydrogen-bond donors (Lipinski definition) is 0. The van der Waals surface area contributed by atoms with Crippen molar-refractivity contribution in [3.05, 3.63) is 29.3 Å². The largest absolute Gasteiger partial charge is 0.469 e. The molecule has 0 saturated heterocycles. The first-order valence-electron chi connectivity index (χ1n) is 6.46. The number of rotatable bonds is 6. The Morgan fingerprint density at radius 2 is 1.75 bits per heavy atom. The van der Waals surface area contributed by atoms with Crippen LogP contribution in [-0.2, 0) is 19.6 Å². The summed E-state index contributed by atoms with van der Waals surface area (Å²) in [6.07, 6.45) is 0.0500. The molecule has 0 aliphatic rings. The van der Waals surface area contributed by atoms with Crippen molar-refractivity contribution >= 4 is 16.0 Å². The lowest BCUT2D eigenvalue weighted by Crippen LogP contribution is -2.33. The van der Waals surface area contributed by atoms with E-state index in [1.54, 1.807) is 19.1 Å². The highest BCUT2D eigenvalue weighted by molar-refractivity contribution is 7.89. The fourth-order valence-electron chi connectivity index (χ4n) is 2.00.